The average Bonchev–Trinajstić information content (AvgIpc) is 2.47. The zero-order valence-electron chi connectivity index (χ0n) is 12.2. The van der Waals surface area contributed by atoms with E-state index in [4.69, 9.17) is 9.47 Å². The molecule has 0 aromatic heterocycles. The standard InChI is InChI=1S/C14H21NO4S/c1-9(12(8-16)20-4)15-14(17)13-10(18-2)6-5-7-11(13)19-3/h5-7,9,12,16H,8H2,1-4H3,(H,15,17). The van der Waals surface area contributed by atoms with Crippen LogP contribution in [0.3, 0.4) is 0 Å². The van der Waals surface area contributed by atoms with Crippen molar-refractivity contribution in [3.63, 3.8) is 0 Å². The molecule has 0 radical (unpaired) electrons. The second-order valence-corrected chi connectivity index (χ2v) is 5.33. The molecule has 0 saturated heterocycles. The van der Waals surface area contributed by atoms with E-state index in [9.17, 15) is 9.90 Å². The highest BCUT2D eigenvalue weighted by Gasteiger charge is 2.23. The van der Waals surface area contributed by atoms with Crippen LogP contribution in [-0.4, -0.2) is 49.4 Å². The van der Waals surface area contributed by atoms with Crippen LogP contribution < -0.4 is 14.8 Å². The summed E-state index contributed by atoms with van der Waals surface area (Å²) in [4.78, 5) is 12.4. The highest BCUT2D eigenvalue weighted by Crippen LogP contribution is 2.28. The van der Waals surface area contributed by atoms with Crippen molar-refractivity contribution in [3.05, 3.63) is 23.8 Å². The second-order valence-electron chi connectivity index (χ2n) is 4.26. The van der Waals surface area contributed by atoms with Crippen LogP contribution in [0.15, 0.2) is 18.2 Å². The SMILES string of the molecule is COc1cccc(OC)c1C(=O)NC(C)C(CO)SC. The van der Waals surface area contributed by atoms with Crippen LogP contribution in [-0.2, 0) is 0 Å². The Morgan fingerprint density at radius 3 is 2.30 bits per heavy atom. The van der Waals surface area contributed by atoms with Crippen molar-refractivity contribution in [1.29, 1.82) is 0 Å². The molecule has 6 heteroatoms. The number of amides is 1. The van der Waals surface area contributed by atoms with Gasteiger partial charge in [0.05, 0.1) is 20.8 Å². The second kappa shape index (κ2) is 8.01. The van der Waals surface area contributed by atoms with Crippen LogP contribution in [0.1, 0.15) is 17.3 Å². The number of hydrogen-bond donors (Lipinski definition) is 2. The highest BCUT2D eigenvalue weighted by atomic mass is 32.2. The smallest absolute Gasteiger partial charge is 0.259 e. The van der Waals surface area contributed by atoms with Gasteiger partial charge in [-0.2, -0.15) is 11.8 Å². The van der Waals surface area contributed by atoms with Gasteiger partial charge in [0.25, 0.3) is 5.91 Å². The van der Waals surface area contributed by atoms with E-state index in [2.05, 4.69) is 5.32 Å². The Bertz CT molecular complexity index is 427. The molecule has 20 heavy (non-hydrogen) atoms. The molecule has 112 valence electrons. The molecule has 0 aliphatic carbocycles. The first-order valence-electron chi connectivity index (χ1n) is 6.24. The Labute approximate surface area is 123 Å². The van der Waals surface area contributed by atoms with Gasteiger partial charge in [0, 0.05) is 11.3 Å². The predicted molar refractivity (Wildman–Crippen MR) is 80.9 cm³/mol. The molecule has 1 aromatic carbocycles. The summed E-state index contributed by atoms with van der Waals surface area (Å²) < 4.78 is 10.4. The van der Waals surface area contributed by atoms with E-state index in [-0.39, 0.29) is 23.8 Å². The van der Waals surface area contributed by atoms with Gasteiger partial charge in [0.2, 0.25) is 0 Å². The summed E-state index contributed by atoms with van der Waals surface area (Å²) in [7, 11) is 3.01. The van der Waals surface area contributed by atoms with Crippen LogP contribution in [0.2, 0.25) is 0 Å². The zero-order chi connectivity index (χ0) is 15.1. The number of carbonyl (C=O) groups is 1. The third-order valence-electron chi connectivity index (χ3n) is 3.05. The van der Waals surface area contributed by atoms with E-state index < -0.39 is 0 Å². The van der Waals surface area contributed by atoms with Crippen LogP contribution in [0.4, 0.5) is 0 Å². The fraction of sp³-hybridized carbons (Fsp3) is 0.500. The molecule has 5 nitrogen and oxygen atoms in total. The van der Waals surface area contributed by atoms with Crippen LogP contribution in [0.5, 0.6) is 11.5 Å². The summed E-state index contributed by atoms with van der Waals surface area (Å²) in [6.07, 6.45) is 1.90. The first kappa shape index (κ1) is 16.7. The third kappa shape index (κ3) is 3.80. The van der Waals surface area contributed by atoms with Crippen LogP contribution >= 0.6 is 11.8 Å². The predicted octanol–water partition coefficient (Wildman–Crippen LogP) is 1.55. The molecule has 1 aromatic rings. The van der Waals surface area contributed by atoms with Crippen molar-refractivity contribution in [2.24, 2.45) is 0 Å². The van der Waals surface area contributed by atoms with Gasteiger partial charge in [0.1, 0.15) is 17.1 Å². The van der Waals surface area contributed by atoms with Gasteiger partial charge < -0.3 is 19.9 Å². The maximum absolute atomic E-state index is 12.4. The van der Waals surface area contributed by atoms with E-state index >= 15 is 0 Å². The monoisotopic (exact) mass is 299 g/mol. The van der Waals surface area contributed by atoms with Gasteiger partial charge in [-0.05, 0) is 25.3 Å². The summed E-state index contributed by atoms with van der Waals surface area (Å²) in [5.41, 5.74) is 0.363. The van der Waals surface area contributed by atoms with E-state index in [0.29, 0.717) is 17.1 Å². The molecule has 2 unspecified atom stereocenters. The molecule has 2 N–H and O–H groups in total. The fourth-order valence-corrected chi connectivity index (χ4v) is 2.51. The summed E-state index contributed by atoms with van der Waals surface area (Å²) in [5.74, 6) is 0.636. The van der Waals surface area contributed by atoms with Gasteiger partial charge in [-0.3, -0.25) is 4.79 Å². The quantitative estimate of drug-likeness (QED) is 0.799. The Morgan fingerprint density at radius 1 is 1.35 bits per heavy atom. The molecule has 0 aliphatic rings. The average molecular weight is 299 g/mol. The van der Waals surface area contributed by atoms with Crippen molar-refractivity contribution in [2.75, 3.05) is 27.1 Å². The molecule has 1 rings (SSSR count). The van der Waals surface area contributed by atoms with Crippen molar-refractivity contribution >= 4 is 17.7 Å². The van der Waals surface area contributed by atoms with Gasteiger partial charge in [-0.25, -0.2) is 0 Å². The van der Waals surface area contributed by atoms with E-state index in [1.54, 1.807) is 18.2 Å². The molecule has 0 saturated carbocycles. The van der Waals surface area contributed by atoms with Crippen molar-refractivity contribution in [2.45, 2.75) is 18.2 Å². The lowest BCUT2D eigenvalue weighted by molar-refractivity contribution is 0.0929. The summed E-state index contributed by atoms with van der Waals surface area (Å²) >= 11 is 1.51. The number of carbonyl (C=O) groups excluding carboxylic acids is 1. The van der Waals surface area contributed by atoms with Gasteiger partial charge in [0.15, 0.2) is 0 Å². The zero-order valence-corrected chi connectivity index (χ0v) is 13.0. The lowest BCUT2D eigenvalue weighted by atomic mass is 10.1. The molecule has 2 atom stereocenters. The Morgan fingerprint density at radius 2 is 1.90 bits per heavy atom. The number of ether oxygens (including phenoxy) is 2. The third-order valence-corrected chi connectivity index (χ3v) is 4.22. The number of rotatable bonds is 7. The number of methoxy groups -OCH3 is 2. The topological polar surface area (TPSA) is 67.8 Å². The molecular weight excluding hydrogens is 278 g/mol. The maximum atomic E-state index is 12.4. The van der Waals surface area contributed by atoms with Gasteiger partial charge in [-0.15, -0.1) is 0 Å². The van der Waals surface area contributed by atoms with Crippen LogP contribution in [0, 0.1) is 0 Å². The minimum Gasteiger partial charge on any atom is -0.496 e. The van der Waals surface area contributed by atoms with Crippen molar-refractivity contribution < 1.29 is 19.4 Å². The van der Waals surface area contributed by atoms with Gasteiger partial charge >= 0.3 is 0 Å². The van der Waals surface area contributed by atoms with E-state index in [1.807, 2.05) is 13.2 Å². The highest BCUT2D eigenvalue weighted by molar-refractivity contribution is 7.99. The Hall–Kier alpha value is -1.40. The normalized spacial score (nSPS) is 13.4. The van der Waals surface area contributed by atoms with Gasteiger partial charge in [-0.1, -0.05) is 6.07 Å². The molecule has 0 bridgehead atoms. The number of aliphatic hydroxyl groups excluding tert-OH is 1. The number of nitrogens with one attached hydrogen (secondary N) is 1. The lowest BCUT2D eigenvalue weighted by Crippen LogP contribution is -2.41. The number of thioether (sulfide) groups is 1. The summed E-state index contributed by atoms with van der Waals surface area (Å²) in [5, 5.41) is 12.1. The molecule has 0 fully saturated rings. The largest absolute Gasteiger partial charge is 0.496 e. The minimum atomic E-state index is -0.278. The van der Waals surface area contributed by atoms with Crippen molar-refractivity contribution in [1.82, 2.24) is 5.32 Å². The fourth-order valence-electron chi connectivity index (χ4n) is 1.88. The van der Waals surface area contributed by atoms with Crippen LogP contribution in [0.25, 0.3) is 0 Å². The molecule has 0 aliphatic heterocycles. The summed E-state index contributed by atoms with van der Waals surface area (Å²) in [6.45, 7) is 1.86. The van der Waals surface area contributed by atoms with E-state index in [1.165, 1.54) is 26.0 Å². The lowest BCUT2D eigenvalue weighted by Gasteiger charge is -2.22. The molecule has 0 heterocycles. The first-order chi connectivity index (χ1) is 9.58. The number of hydrogen-bond acceptors (Lipinski definition) is 5. The molecule has 0 spiro atoms. The maximum Gasteiger partial charge on any atom is 0.259 e. The first-order valence-corrected chi connectivity index (χ1v) is 7.53. The summed E-state index contributed by atoms with van der Waals surface area (Å²) in [6, 6.07) is 5.01. The minimum absolute atomic E-state index is 0.00563. The van der Waals surface area contributed by atoms with Crippen molar-refractivity contribution in [3.8, 4) is 11.5 Å². The Kier molecular flexibility index (Phi) is 6.67. The number of aliphatic hydroxyl groups is 1. The molecule has 1 amide bonds. The molecular formula is C14H21NO4S. The van der Waals surface area contributed by atoms with E-state index in [0.717, 1.165) is 0 Å². The Balaban J connectivity index is 2.97. The number of benzene rings is 1.